The van der Waals surface area contributed by atoms with Crippen molar-refractivity contribution in [2.24, 2.45) is 5.10 Å². The average Bonchev–Trinajstić information content (AvgIpc) is 3.07. The molecule has 0 bridgehead atoms. The summed E-state index contributed by atoms with van der Waals surface area (Å²) in [5.41, 5.74) is 2.10. The van der Waals surface area contributed by atoms with Crippen LogP contribution in [0.5, 0.6) is 0 Å². The van der Waals surface area contributed by atoms with Crippen LogP contribution in [0, 0.1) is 6.92 Å². The molecule has 0 aliphatic heterocycles. The van der Waals surface area contributed by atoms with E-state index in [2.05, 4.69) is 15.8 Å². The van der Waals surface area contributed by atoms with Gasteiger partial charge in [-0.25, -0.2) is 5.43 Å². The predicted molar refractivity (Wildman–Crippen MR) is 69.7 cm³/mol. The molecule has 7 nitrogen and oxygen atoms in total. The molecule has 2 aromatic rings. The molecule has 0 spiro atoms. The summed E-state index contributed by atoms with van der Waals surface area (Å²) in [6.07, 6.45) is 2.79. The first-order chi connectivity index (χ1) is 9.65. The van der Waals surface area contributed by atoms with E-state index in [0.717, 1.165) is 5.76 Å². The zero-order valence-corrected chi connectivity index (χ0v) is 10.8. The van der Waals surface area contributed by atoms with Crippen molar-refractivity contribution < 1.29 is 18.4 Å². The number of nitrogens with zero attached hydrogens (tertiary/aromatic N) is 1. The van der Waals surface area contributed by atoms with Gasteiger partial charge < -0.3 is 14.2 Å². The lowest BCUT2D eigenvalue weighted by Crippen LogP contribution is -2.37. The lowest BCUT2D eigenvalue weighted by molar-refractivity contribution is -0.139. The molecule has 104 valence electrons. The number of hydrogen-bond acceptors (Lipinski definition) is 5. The summed E-state index contributed by atoms with van der Waals surface area (Å²) in [6.45, 7) is 1.93. The Morgan fingerprint density at radius 2 is 2.15 bits per heavy atom. The second-order valence-corrected chi connectivity index (χ2v) is 3.91. The Balaban J connectivity index is 1.76. The molecule has 0 aliphatic rings. The molecule has 0 unspecified atom stereocenters. The summed E-state index contributed by atoms with van der Waals surface area (Å²) >= 11 is 0. The molecule has 0 aromatic carbocycles. The van der Waals surface area contributed by atoms with Crippen molar-refractivity contribution in [3.63, 3.8) is 0 Å². The Kier molecular flexibility index (Phi) is 4.33. The van der Waals surface area contributed by atoms with Gasteiger partial charge in [0, 0.05) is 0 Å². The summed E-state index contributed by atoms with van der Waals surface area (Å²) in [6, 6.07) is 6.84. The SMILES string of the molecule is Cc1ccc(/C=N/NC(=O)C(=O)NCc2ccco2)o1. The predicted octanol–water partition coefficient (Wildman–Crippen LogP) is 0.948. The van der Waals surface area contributed by atoms with Gasteiger partial charge in [0.1, 0.15) is 17.3 Å². The number of aryl methyl sites for hydroxylation is 1. The van der Waals surface area contributed by atoms with Crippen molar-refractivity contribution in [2.45, 2.75) is 13.5 Å². The van der Waals surface area contributed by atoms with Crippen LogP contribution in [0.1, 0.15) is 17.3 Å². The van der Waals surface area contributed by atoms with Crippen LogP contribution in [0.2, 0.25) is 0 Å². The van der Waals surface area contributed by atoms with Gasteiger partial charge in [0.25, 0.3) is 0 Å². The minimum absolute atomic E-state index is 0.139. The maximum absolute atomic E-state index is 11.4. The Morgan fingerprint density at radius 1 is 1.30 bits per heavy atom. The highest BCUT2D eigenvalue weighted by atomic mass is 16.3. The fraction of sp³-hybridized carbons (Fsp3) is 0.154. The third kappa shape index (κ3) is 3.84. The zero-order valence-electron chi connectivity index (χ0n) is 10.8. The molecule has 2 aromatic heterocycles. The lowest BCUT2D eigenvalue weighted by atomic mass is 10.4. The van der Waals surface area contributed by atoms with E-state index in [-0.39, 0.29) is 6.54 Å². The molecule has 0 saturated heterocycles. The number of amides is 2. The number of carbonyl (C=O) groups is 2. The van der Waals surface area contributed by atoms with E-state index in [1.165, 1.54) is 12.5 Å². The van der Waals surface area contributed by atoms with E-state index in [1.807, 2.05) is 0 Å². The van der Waals surface area contributed by atoms with Crippen molar-refractivity contribution in [1.82, 2.24) is 10.7 Å². The van der Waals surface area contributed by atoms with Crippen molar-refractivity contribution in [3.8, 4) is 0 Å². The molecule has 7 heteroatoms. The van der Waals surface area contributed by atoms with Gasteiger partial charge in [-0.05, 0) is 31.2 Å². The highest BCUT2D eigenvalue weighted by Gasteiger charge is 2.12. The highest BCUT2D eigenvalue weighted by molar-refractivity contribution is 6.35. The Labute approximate surface area is 114 Å². The third-order valence-corrected chi connectivity index (χ3v) is 2.33. The highest BCUT2D eigenvalue weighted by Crippen LogP contribution is 2.02. The average molecular weight is 275 g/mol. The molecule has 0 fully saturated rings. The largest absolute Gasteiger partial charge is 0.467 e. The summed E-state index contributed by atoms with van der Waals surface area (Å²) < 4.78 is 10.2. The molecule has 2 N–H and O–H groups in total. The monoisotopic (exact) mass is 275 g/mol. The number of rotatable bonds is 4. The zero-order chi connectivity index (χ0) is 14.4. The van der Waals surface area contributed by atoms with Crippen LogP contribution in [0.4, 0.5) is 0 Å². The van der Waals surface area contributed by atoms with Crippen molar-refractivity contribution >= 4 is 18.0 Å². The standard InChI is InChI=1S/C13H13N3O4/c1-9-4-5-11(20-9)8-15-16-13(18)12(17)14-7-10-3-2-6-19-10/h2-6,8H,7H2,1H3,(H,14,17)(H,16,18)/b15-8+. The summed E-state index contributed by atoms with van der Waals surface area (Å²) in [5, 5.41) is 6.01. The first-order valence-corrected chi connectivity index (χ1v) is 5.85. The summed E-state index contributed by atoms with van der Waals surface area (Å²) in [5.74, 6) is 0.110. The van der Waals surface area contributed by atoms with Gasteiger partial charge in [0.05, 0.1) is 19.0 Å². The fourth-order valence-electron chi connectivity index (χ4n) is 1.39. The summed E-state index contributed by atoms with van der Waals surface area (Å²) in [7, 11) is 0. The minimum Gasteiger partial charge on any atom is -0.467 e. The van der Waals surface area contributed by atoms with E-state index in [1.54, 1.807) is 31.2 Å². The molecule has 20 heavy (non-hydrogen) atoms. The summed E-state index contributed by atoms with van der Waals surface area (Å²) in [4.78, 5) is 22.8. The molecule has 0 saturated carbocycles. The van der Waals surface area contributed by atoms with Gasteiger partial charge in [-0.15, -0.1) is 0 Å². The molecule has 0 atom stereocenters. The van der Waals surface area contributed by atoms with Gasteiger partial charge in [0.15, 0.2) is 0 Å². The molecular formula is C13H13N3O4. The Morgan fingerprint density at radius 3 is 2.80 bits per heavy atom. The molecule has 0 radical (unpaired) electrons. The normalized spacial score (nSPS) is 10.7. The quantitative estimate of drug-likeness (QED) is 0.493. The van der Waals surface area contributed by atoms with Crippen molar-refractivity contribution in [1.29, 1.82) is 0 Å². The van der Waals surface area contributed by atoms with Crippen LogP contribution in [0.15, 0.2) is 44.5 Å². The van der Waals surface area contributed by atoms with Crippen molar-refractivity contribution in [2.75, 3.05) is 0 Å². The number of carbonyl (C=O) groups excluding carboxylic acids is 2. The van der Waals surface area contributed by atoms with Gasteiger partial charge in [-0.2, -0.15) is 5.10 Å². The first-order valence-electron chi connectivity index (χ1n) is 5.85. The maximum atomic E-state index is 11.4. The molecule has 2 heterocycles. The second-order valence-electron chi connectivity index (χ2n) is 3.91. The van der Waals surface area contributed by atoms with E-state index < -0.39 is 11.8 Å². The molecular weight excluding hydrogens is 262 g/mol. The molecule has 2 amide bonds. The Bertz CT molecular complexity index is 613. The third-order valence-electron chi connectivity index (χ3n) is 2.33. The number of nitrogens with one attached hydrogen (secondary N) is 2. The van der Waals surface area contributed by atoms with Crippen LogP contribution < -0.4 is 10.7 Å². The second kappa shape index (κ2) is 6.37. The van der Waals surface area contributed by atoms with Crippen LogP contribution in [0.25, 0.3) is 0 Å². The number of hydrogen-bond donors (Lipinski definition) is 2. The van der Waals surface area contributed by atoms with Crippen LogP contribution in [0.3, 0.4) is 0 Å². The van der Waals surface area contributed by atoms with Gasteiger partial charge in [-0.3, -0.25) is 9.59 Å². The smallest absolute Gasteiger partial charge is 0.329 e. The lowest BCUT2D eigenvalue weighted by Gasteiger charge is -2.01. The van der Waals surface area contributed by atoms with Gasteiger partial charge >= 0.3 is 11.8 Å². The Hall–Kier alpha value is -2.83. The minimum atomic E-state index is -0.865. The fourth-order valence-corrected chi connectivity index (χ4v) is 1.39. The van der Waals surface area contributed by atoms with E-state index >= 15 is 0 Å². The van der Waals surface area contributed by atoms with Crippen LogP contribution in [-0.4, -0.2) is 18.0 Å². The number of hydrazone groups is 1. The van der Waals surface area contributed by atoms with Gasteiger partial charge in [0.2, 0.25) is 0 Å². The molecule has 0 aliphatic carbocycles. The first kappa shape index (κ1) is 13.6. The van der Waals surface area contributed by atoms with E-state index in [0.29, 0.717) is 11.5 Å². The van der Waals surface area contributed by atoms with E-state index in [4.69, 9.17) is 8.83 Å². The van der Waals surface area contributed by atoms with Crippen LogP contribution in [-0.2, 0) is 16.1 Å². The van der Waals surface area contributed by atoms with Gasteiger partial charge in [-0.1, -0.05) is 0 Å². The maximum Gasteiger partial charge on any atom is 0.329 e. The molecule has 2 rings (SSSR count). The van der Waals surface area contributed by atoms with Crippen LogP contribution >= 0.6 is 0 Å². The van der Waals surface area contributed by atoms with Crippen molar-refractivity contribution in [3.05, 3.63) is 47.8 Å². The topological polar surface area (TPSA) is 96.8 Å². The number of furan rings is 2. The van der Waals surface area contributed by atoms with E-state index in [9.17, 15) is 9.59 Å².